The summed E-state index contributed by atoms with van der Waals surface area (Å²) in [5.74, 6) is 0.665. The van der Waals surface area contributed by atoms with Crippen LogP contribution in [0.1, 0.15) is 35.2 Å². The molecule has 0 saturated heterocycles. The average molecular weight is 422 g/mol. The number of carbonyl (C=O) groups is 1. The molecule has 1 aromatic carbocycles. The van der Waals surface area contributed by atoms with Crippen LogP contribution in [0.3, 0.4) is 0 Å². The number of hydrogen-bond acceptors (Lipinski definition) is 5. The number of nitrogens with zero attached hydrogens (tertiary/aromatic N) is 7. The molecule has 152 valence electrons. The molecule has 0 bridgehead atoms. The molecule has 1 amide bonds. The molecule has 0 radical (unpaired) electrons. The highest BCUT2D eigenvalue weighted by atomic mass is 35.5. The number of halogens is 1. The van der Waals surface area contributed by atoms with Crippen LogP contribution in [0, 0.1) is 0 Å². The molecule has 1 fully saturated rings. The van der Waals surface area contributed by atoms with E-state index in [-0.39, 0.29) is 11.9 Å². The van der Waals surface area contributed by atoms with Gasteiger partial charge in [-0.05, 0) is 37.0 Å². The van der Waals surface area contributed by atoms with Gasteiger partial charge in [0.05, 0.1) is 23.5 Å². The number of benzene rings is 1. The SMILES string of the molecule is CN1C(=O)c2c(cn(Cc3ccc(-n4cncn4)cc3)c2Cl)N2C1=N[C@@H]1CCC[C@@H]12. The van der Waals surface area contributed by atoms with E-state index in [1.807, 2.05) is 35.0 Å². The second kappa shape index (κ2) is 6.43. The summed E-state index contributed by atoms with van der Waals surface area (Å²) >= 11 is 6.72. The van der Waals surface area contributed by atoms with Gasteiger partial charge in [-0.1, -0.05) is 23.7 Å². The lowest BCUT2D eigenvalue weighted by atomic mass is 10.1. The van der Waals surface area contributed by atoms with Crippen LogP contribution < -0.4 is 4.90 Å². The summed E-state index contributed by atoms with van der Waals surface area (Å²) < 4.78 is 3.67. The van der Waals surface area contributed by atoms with E-state index in [2.05, 4.69) is 15.0 Å². The third-order valence-corrected chi connectivity index (χ3v) is 6.72. The Labute approximate surface area is 178 Å². The second-order valence-corrected chi connectivity index (χ2v) is 8.40. The van der Waals surface area contributed by atoms with Crippen molar-refractivity contribution in [2.75, 3.05) is 11.9 Å². The molecule has 0 spiro atoms. The van der Waals surface area contributed by atoms with Crippen LogP contribution in [0.5, 0.6) is 0 Å². The molecule has 6 rings (SSSR count). The maximum Gasteiger partial charge on any atom is 0.265 e. The summed E-state index contributed by atoms with van der Waals surface area (Å²) in [6.07, 6.45) is 8.52. The minimum Gasteiger partial charge on any atom is -0.332 e. The molecule has 2 aliphatic heterocycles. The number of guanidine groups is 1. The minimum absolute atomic E-state index is 0.0924. The fraction of sp³-hybridized carbons (Fsp3) is 0.333. The number of carbonyl (C=O) groups excluding carboxylic acids is 1. The Bertz CT molecular complexity index is 1160. The first-order chi connectivity index (χ1) is 14.6. The van der Waals surface area contributed by atoms with Gasteiger partial charge in [-0.2, -0.15) is 5.10 Å². The molecule has 4 heterocycles. The van der Waals surface area contributed by atoms with Gasteiger partial charge in [0.15, 0.2) is 0 Å². The molecule has 0 unspecified atom stereocenters. The summed E-state index contributed by atoms with van der Waals surface area (Å²) in [5, 5.41) is 4.63. The van der Waals surface area contributed by atoms with Gasteiger partial charge in [0, 0.05) is 19.8 Å². The second-order valence-electron chi connectivity index (χ2n) is 8.04. The highest BCUT2D eigenvalue weighted by molar-refractivity contribution is 6.36. The Morgan fingerprint density at radius 3 is 2.80 bits per heavy atom. The summed E-state index contributed by atoms with van der Waals surface area (Å²) in [5.41, 5.74) is 3.49. The van der Waals surface area contributed by atoms with Gasteiger partial charge < -0.3 is 9.47 Å². The van der Waals surface area contributed by atoms with E-state index in [0.29, 0.717) is 23.3 Å². The summed E-state index contributed by atoms with van der Waals surface area (Å²) in [7, 11) is 1.79. The van der Waals surface area contributed by atoms with E-state index in [1.54, 1.807) is 23.0 Å². The zero-order valence-corrected chi connectivity index (χ0v) is 17.2. The maximum atomic E-state index is 13.0. The van der Waals surface area contributed by atoms with Gasteiger partial charge in [0.2, 0.25) is 5.96 Å². The molecule has 1 aliphatic carbocycles. The molecule has 9 heteroatoms. The Kier molecular flexibility index (Phi) is 3.80. The summed E-state index contributed by atoms with van der Waals surface area (Å²) in [6.45, 7) is 0.578. The molecule has 2 aromatic heterocycles. The number of aliphatic imine (C=N–C) groups is 1. The monoisotopic (exact) mass is 421 g/mol. The fourth-order valence-corrected chi connectivity index (χ4v) is 5.12. The van der Waals surface area contributed by atoms with Crippen molar-refractivity contribution < 1.29 is 4.79 Å². The van der Waals surface area contributed by atoms with Gasteiger partial charge in [-0.15, -0.1) is 0 Å². The van der Waals surface area contributed by atoms with E-state index in [1.165, 1.54) is 12.7 Å². The molecule has 2 atom stereocenters. The number of aromatic nitrogens is 4. The maximum absolute atomic E-state index is 13.0. The van der Waals surface area contributed by atoms with Gasteiger partial charge in [-0.3, -0.25) is 9.69 Å². The first-order valence-electron chi connectivity index (χ1n) is 10.1. The summed E-state index contributed by atoms with van der Waals surface area (Å²) in [6, 6.07) is 8.66. The molecular weight excluding hydrogens is 402 g/mol. The molecule has 1 saturated carbocycles. The Hall–Kier alpha value is -3.13. The van der Waals surface area contributed by atoms with Gasteiger partial charge in [0.1, 0.15) is 23.4 Å². The number of fused-ring (bicyclic) bond motifs is 5. The first kappa shape index (κ1) is 17.7. The molecule has 8 nitrogen and oxygen atoms in total. The molecule has 3 aliphatic rings. The minimum atomic E-state index is -0.0924. The van der Waals surface area contributed by atoms with Crippen LogP contribution in [0.15, 0.2) is 48.1 Å². The van der Waals surface area contributed by atoms with Gasteiger partial charge in [-0.25, -0.2) is 14.7 Å². The Morgan fingerprint density at radius 1 is 1.20 bits per heavy atom. The zero-order chi connectivity index (χ0) is 20.4. The smallest absolute Gasteiger partial charge is 0.265 e. The van der Waals surface area contributed by atoms with Crippen molar-refractivity contribution >= 4 is 29.2 Å². The lowest BCUT2D eigenvalue weighted by Gasteiger charge is -2.35. The van der Waals surface area contributed by atoms with Gasteiger partial charge in [0.25, 0.3) is 5.91 Å². The van der Waals surface area contributed by atoms with Crippen molar-refractivity contribution in [3.8, 4) is 5.69 Å². The van der Waals surface area contributed by atoms with Crippen LogP contribution in [0.25, 0.3) is 5.69 Å². The number of amides is 1. The van der Waals surface area contributed by atoms with Crippen LogP contribution >= 0.6 is 11.6 Å². The zero-order valence-electron chi connectivity index (χ0n) is 16.4. The van der Waals surface area contributed by atoms with Crippen LogP contribution in [-0.4, -0.2) is 55.2 Å². The third-order valence-electron chi connectivity index (χ3n) is 6.32. The van der Waals surface area contributed by atoms with E-state index in [4.69, 9.17) is 16.6 Å². The number of anilines is 1. The first-order valence-corrected chi connectivity index (χ1v) is 10.5. The highest BCUT2D eigenvalue weighted by Crippen LogP contribution is 2.43. The van der Waals surface area contributed by atoms with Gasteiger partial charge >= 0.3 is 0 Å². The van der Waals surface area contributed by atoms with E-state index in [0.717, 1.165) is 35.7 Å². The quantitative estimate of drug-likeness (QED) is 0.651. The van der Waals surface area contributed by atoms with Crippen molar-refractivity contribution in [2.45, 2.75) is 37.9 Å². The standard InChI is InChI=1S/C21H20ClN7O/c1-26-20(30)18-17(29-16-4-2-3-15(16)25-21(26)29)10-27(19(18)22)9-13-5-7-14(8-6-13)28-12-23-11-24-28/h5-8,10-12,15-16H,2-4,9H2,1H3/t15-,16+/m1/s1. The Morgan fingerprint density at radius 2 is 2.03 bits per heavy atom. The number of hydrogen-bond donors (Lipinski definition) is 0. The lowest BCUT2D eigenvalue weighted by Crippen LogP contribution is -2.50. The molecule has 3 aromatic rings. The third kappa shape index (κ3) is 2.46. The van der Waals surface area contributed by atoms with E-state index >= 15 is 0 Å². The lowest BCUT2D eigenvalue weighted by molar-refractivity contribution is 0.0865. The van der Waals surface area contributed by atoms with Crippen molar-refractivity contribution in [1.82, 2.24) is 24.2 Å². The van der Waals surface area contributed by atoms with E-state index in [9.17, 15) is 4.79 Å². The summed E-state index contributed by atoms with van der Waals surface area (Å²) in [4.78, 5) is 25.7. The number of rotatable bonds is 3. The molecular formula is C21H20ClN7O. The topological polar surface area (TPSA) is 71.6 Å². The van der Waals surface area contributed by atoms with Crippen LogP contribution in [0.4, 0.5) is 5.69 Å². The molecule has 0 N–H and O–H groups in total. The fourth-order valence-electron chi connectivity index (χ4n) is 4.83. The molecule has 30 heavy (non-hydrogen) atoms. The van der Waals surface area contributed by atoms with Crippen LogP contribution in [-0.2, 0) is 6.54 Å². The van der Waals surface area contributed by atoms with Crippen LogP contribution in [0.2, 0.25) is 5.15 Å². The average Bonchev–Trinajstić information content (AvgIpc) is 3.52. The van der Waals surface area contributed by atoms with E-state index < -0.39 is 0 Å². The Balaban J connectivity index is 1.35. The largest absolute Gasteiger partial charge is 0.332 e. The predicted octanol–water partition coefficient (Wildman–Crippen LogP) is 2.95. The van der Waals surface area contributed by atoms with Crippen molar-refractivity contribution in [1.29, 1.82) is 0 Å². The van der Waals surface area contributed by atoms with Crippen molar-refractivity contribution in [2.24, 2.45) is 4.99 Å². The van der Waals surface area contributed by atoms with Crippen molar-refractivity contribution in [3.05, 3.63) is 59.4 Å². The normalized spacial score (nSPS) is 22.2. The highest BCUT2D eigenvalue weighted by Gasteiger charge is 2.48. The van der Waals surface area contributed by atoms with Crippen molar-refractivity contribution in [3.63, 3.8) is 0 Å². The predicted molar refractivity (Wildman–Crippen MR) is 113 cm³/mol.